The summed E-state index contributed by atoms with van der Waals surface area (Å²) in [5.41, 5.74) is 5.46. The molecular formula is C29H31N5O. The molecule has 1 N–H and O–H groups in total. The number of anilines is 1. The fourth-order valence-corrected chi connectivity index (χ4v) is 6.14. The van der Waals surface area contributed by atoms with Crippen LogP contribution < -0.4 is 9.64 Å². The Morgan fingerprint density at radius 3 is 2.63 bits per heavy atom. The predicted molar refractivity (Wildman–Crippen MR) is 140 cm³/mol. The third kappa shape index (κ3) is 4.11. The normalized spacial score (nSPS) is 21.3. The highest BCUT2D eigenvalue weighted by Crippen LogP contribution is 2.39. The van der Waals surface area contributed by atoms with E-state index >= 15 is 0 Å². The van der Waals surface area contributed by atoms with Gasteiger partial charge in [0.15, 0.2) is 0 Å². The van der Waals surface area contributed by atoms with E-state index in [1.54, 1.807) is 7.11 Å². The maximum atomic E-state index is 9.18. The van der Waals surface area contributed by atoms with Crippen molar-refractivity contribution in [1.29, 1.82) is 5.26 Å². The van der Waals surface area contributed by atoms with Crippen LogP contribution in [0.2, 0.25) is 0 Å². The Labute approximate surface area is 206 Å². The smallest absolute Gasteiger partial charge is 0.121 e. The lowest BCUT2D eigenvalue weighted by atomic mass is 9.81. The van der Waals surface area contributed by atoms with Crippen molar-refractivity contribution in [3.05, 3.63) is 66.0 Å². The standard InChI is InChI=1S/C29H31N5O/c1-35-24-16-22-3-2-10-31-29(22)28(17-24)34-13-11-33(12-14-34)23-7-5-21(6-8-23)26-19-32-27-15-20(18-30)4-9-25(26)27/h2-4,9-10,15-17,19,21,23,32H,5-8,11-14H2,1H3. The van der Waals surface area contributed by atoms with Crippen LogP contribution in [-0.4, -0.2) is 54.2 Å². The van der Waals surface area contributed by atoms with E-state index in [2.05, 4.69) is 56.3 Å². The van der Waals surface area contributed by atoms with E-state index in [4.69, 9.17) is 4.74 Å². The molecule has 2 aromatic carbocycles. The highest BCUT2D eigenvalue weighted by molar-refractivity contribution is 5.92. The van der Waals surface area contributed by atoms with Crippen LogP contribution in [0.3, 0.4) is 0 Å². The Balaban J connectivity index is 1.10. The molecule has 0 amide bonds. The number of aromatic amines is 1. The minimum atomic E-state index is 0.600. The molecule has 6 nitrogen and oxygen atoms in total. The monoisotopic (exact) mass is 465 g/mol. The lowest BCUT2D eigenvalue weighted by molar-refractivity contribution is 0.141. The summed E-state index contributed by atoms with van der Waals surface area (Å²) in [5, 5.41) is 11.6. The van der Waals surface area contributed by atoms with Gasteiger partial charge in [-0.2, -0.15) is 5.26 Å². The average Bonchev–Trinajstić information content (AvgIpc) is 3.36. The van der Waals surface area contributed by atoms with Crippen molar-refractivity contribution in [3.8, 4) is 11.8 Å². The zero-order valence-corrected chi connectivity index (χ0v) is 20.2. The van der Waals surface area contributed by atoms with Gasteiger partial charge in [0.25, 0.3) is 0 Å². The van der Waals surface area contributed by atoms with E-state index in [0.717, 1.165) is 48.3 Å². The van der Waals surface area contributed by atoms with Gasteiger partial charge >= 0.3 is 0 Å². The molecule has 6 rings (SSSR count). The van der Waals surface area contributed by atoms with Crippen LogP contribution >= 0.6 is 0 Å². The van der Waals surface area contributed by atoms with E-state index < -0.39 is 0 Å². The van der Waals surface area contributed by atoms with Gasteiger partial charge in [-0.3, -0.25) is 9.88 Å². The van der Waals surface area contributed by atoms with Crippen LogP contribution in [0.4, 0.5) is 5.69 Å². The van der Waals surface area contributed by atoms with E-state index in [-0.39, 0.29) is 0 Å². The zero-order chi connectivity index (χ0) is 23.8. The van der Waals surface area contributed by atoms with Crippen LogP contribution in [0, 0.1) is 11.3 Å². The van der Waals surface area contributed by atoms with E-state index in [9.17, 15) is 5.26 Å². The van der Waals surface area contributed by atoms with E-state index in [0.29, 0.717) is 17.5 Å². The van der Waals surface area contributed by atoms with Crippen molar-refractivity contribution in [2.45, 2.75) is 37.6 Å². The number of hydrogen-bond donors (Lipinski definition) is 1. The van der Waals surface area contributed by atoms with Crippen LogP contribution in [0.15, 0.2) is 54.9 Å². The summed E-state index contributed by atoms with van der Waals surface area (Å²) in [4.78, 5) is 13.2. The Morgan fingerprint density at radius 2 is 1.86 bits per heavy atom. The molecule has 2 aliphatic rings. The molecule has 178 valence electrons. The second kappa shape index (κ2) is 9.24. The third-order valence-electron chi connectivity index (χ3n) is 8.04. The topological polar surface area (TPSA) is 68.2 Å². The van der Waals surface area contributed by atoms with Crippen molar-refractivity contribution in [1.82, 2.24) is 14.9 Å². The first kappa shape index (κ1) is 21.9. The minimum absolute atomic E-state index is 0.600. The Hall–Kier alpha value is -3.56. The molecule has 0 radical (unpaired) electrons. The molecular weight excluding hydrogens is 434 g/mol. The van der Waals surface area contributed by atoms with Crippen molar-refractivity contribution >= 4 is 27.5 Å². The van der Waals surface area contributed by atoms with Crippen molar-refractivity contribution in [2.24, 2.45) is 0 Å². The molecule has 35 heavy (non-hydrogen) atoms. The first-order valence-corrected chi connectivity index (χ1v) is 12.7. The molecule has 2 fully saturated rings. The van der Waals surface area contributed by atoms with Gasteiger partial charge < -0.3 is 14.6 Å². The summed E-state index contributed by atoms with van der Waals surface area (Å²) in [7, 11) is 1.73. The molecule has 1 saturated heterocycles. The number of nitrogens with one attached hydrogen (secondary N) is 1. The number of rotatable bonds is 4. The van der Waals surface area contributed by atoms with Gasteiger partial charge in [-0.05, 0) is 61.4 Å². The summed E-state index contributed by atoms with van der Waals surface area (Å²) in [6.45, 7) is 4.21. The fourth-order valence-electron chi connectivity index (χ4n) is 6.14. The van der Waals surface area contributed by atoms with Crippen LogP contribution in [0.25, 0.3) is 21.8 Å². The summed E-state index contributed by atoms with van der Waals surface area (Å²) >= 11 is 0. The molecule has 3 heterocycles. The van der Waals surface area contributed by atoms with Gasteiger partial charge in [0.1, 0.15) is 5.75 Å². The van der Waals surface area contributed by atoms with Crippen molar-refractivity contribution < 1.29 is 4.74 Å². The average molecular weight is 466 g/mol. The molecule has 0 bridgehead atoms. The van der Waals surface area contributed by atoms with Gasteiger partial charge in [-0.1, -0.05) is 12.1 Å². The van der Waals surface area contributed by atoms with E-state index in [1.165, 1.54) is 42.3 Å². The largest absolute Gasteiger partial charge is 0.497 e. The lowest BCUT2D eigenvalue weighted by Crippen LogP contribution is -2.51. The summed E-state index contributed by atoms with van der Waals surface area (Å²) in [6, 6.07) is 17.2. The Morgan fingerprint density at radius 1 is 1.03 bits per heavy atom. The number of H-pyrrole nitrogens is 1. The first-order valence-electron chi connectivity index (χ1n) is 12.7. The number of methoxy groups -OCH3 is 1. The number of hydrogen-bond acceptors (Lipinski definition) is 5. The summed E-state index contributed by atoms with van der Waals surface area (Å²) in [5.74, 6) is 1.49. The van der Waals surface area contributed by atoms with Gasteiger partial charge in [-0.15, -0.1) is 0 Å². The molecule has 0 unspecified atom stereocenters. The van der Waals surface area contributed by atoms with Gasteiger partial charge in [0.2, 0.25) is 0 Å². The number of benzene rings is 2. The molecule has 6 heteroatoms. The van der Waals surface area contributed by atoms with Crippen LogP contribution in [-0.2, 0) is 0 Å². The molecule has 1 aliphatic carbocycles. The molecule has 4 aromatic rings. The van der Waals surface area contributed by atoms with Crippen LogP contribution in [0.5, 0.6) is 5.75 Å². The van der Waals surface area contributed by atoms with E-state index in [1.807, 2.05) is 24.4 Å². The number of nitrogens with zero attached hydrogens (tertiary/aromatic N) is 4. The predicted octanol–water partition coefficient (Wildman–Crippen LogP) is 5.44. The lowest BCUT2D eigenvalue weighted by Gasteiger charge is -2.42. The number of ether oxygens (including phenoxy) is 1. The van der Waals surface area contributed by atoms with Gasteiger partial charge in [-0.25, -0.2) is 0 Å². The molecule has 1 aliphatic heterocycles. The Bertz CT molecular complexity index is 1390. The maximum Gasteiger partial charge on any atom is 0.121 e. The minimum Gasteiger partial charge on any atom is -0.497 e. The fraction of sp³-hybridized carbons (Fsp3) is 0.379. The van der Waals surface area contributed by atoms with Crippen LogP contribution in [0.1, 0.15) is 42.7 Å². The third-order valence-corrected chi connectivity index (χ3v) is 8.04. The highest BCUT2D eigenvalue weighted by atomic mass is 16.5. The number of aromatic nitrogens is 2. The second-order valence-electron chi connectivity index (χ2n) is 9.87. The first-order chi connectivity index (χ1) is 17.2. The van der Waals surface area contributed by atoms with Crippen molar-refractivity contribution in [3.63, 3.8) is 0 Å². The van der Waals surface area contributed by atoms with Gasteiger partial charge in [0.05, 0.1) is 29.9 Å². The SMILES string of the molecule is COc1cc(N2CCN(C3CCC(c4c[nH]c5cc(C#N)ccc45)CC3)CC2)c2ncccc2c1. The number of pyridine rings is 1. The molecule has 0 spiro atoms. The summed E-state index contributed by atoms with van der Waals surface area (Å²) in [6.07, 6.45) is 8.99. The second-order valence-corrected chi connectivity index (χ2v) is 9.87. The summed E-state index contributed by atoms with van der Waals surface area (Å²) < 4.78 is 5.57. The highest BCUT2D eigenvalue weighted by Gasteiger charge is 2.30. The van der Waals surface area contributed by atoms with Gasteiger partial charge in [0, 0.05) is 67.0 Å². The molecule has 2 aromatic heterocycles. The quantitative estimate of drug-likeness (QED) is 0.434. The number of piperazine rings is 1. The van der Waals surface area contributed by atoms with Crippen molar-refractivity contribution in [2.75, 3.05) is 38.2 Å². The zero-order valence-electron chi connectivity index (χ0n) is 20.2. The number of nitriles is 1. The molecule has 0 atom stereocenters. The number of fused-ring (bicyclic) bond motifs is 2. The Kier molecular flexibility index (Phi) is 5.79. The molecule has 1 saturated carbocycles. The maximum absolute atomic E-state index is 9.18.